The SMILES string of the molecule is Cl.Cl.Cl.N=C(N)c1ccc(N2CCN(CC(=O)NCCC(=O)OC3CCCCC3)CC2)cc1. The fourth-order valence-electron chi connectivity index (χ4n) is 4.01. The topological polar surface area (TPSA) is 112 Å². The van der Waals surface area contributed by atoms with E-state index in [1.54, 1.807) is 0 Å². The van der Waals surface area contributed by atoms with Crippen molar-refractivity contribution in [2.24, 2.45) is 5.73 Å². The van der Waals surface area contributed by atoms with Gasteiger partial charge >= 0.3 is 5.97 Å². The van der Waals surface area contributed by atoms with E-state index in [0.717, 1.165) is 63.1 Å². The average Bonchev–Trinajstić information content (AvgIpc) is 2.75. The summed E-state index contributed by atoms with van der Waals surface area (Å²) in [5, 5.41) is 10.3. The van der Waals surface area contributed by atoms with E-state index in [1.165, 1.54) is 6.42 Å². The first kappa shape index (κ1) is 31.3. The number of nitrogens with two attached hydrogens (primary N) is 1. The smallest absolute Gasteiger partial charge is 0.307 e. The number of anilines is 1. The Morgan fingerprint density at radius 1 is 1.00 bits per heavy atom. The number of rotatable bonds is 8. The van der Waals surface area contributed by atoms with E-state index in [1.807, 2.05) is 24.3 Å². The van der Waals surface area contributed by atoms with Crippen molar-refractivity contribution in [3.05, 3.63) is 29.8 Å². The molecule has 1 amide bonds. The summed E-state index contributed by atoms with van der Waals surface area (Å²) in [5.41, 5.74) is 7.32. The van der Waals surface area contributed by atoms with E-state index in [0.29, 0.717) is 13.1 Å². The van der Waals surface area contributed by atoms with Crippen LogP contribution in [0.3, 0.4) is 0 Å². The standard InChI is InChI=1S/C22H33N5O3.3ClH/c23-22(24)17-6-8-18(9-7-17)27-14-12-26(13-15-27)16-20(28)25-11-10-21(29)30-19-4-2-1-3-5-19;;;/h6-9,19H,1-5,10-16H2,(H3,23,24)(H,25,28);3*1H. The van der Waals surface area contributed by atoms with Crippen LogP contribution < -0.4 is 16.0 Å². The van der Waals surface area contributed by atoms with Crippen molar-refractivity contribution in [2.45, 2.75) is 44.6 Å². The summed E-state index contributed by atoms with van der Waals surface area (Å²) in [6.45, 7) is 3.93. The maximum atomic E-state index is 12.2. The second kappa shape index (κ2) is 16.0. The van der Waals surface area contributed by atoms with Crippen LogP contribution in [0, 0.1) is 5.41 Å². The molecule has 1 aromatic rings. The predicted octanol–water partition coefficient (Wildman–Crippen LogP) is 2.74. The molecule has 2 aliphatic rings. The third-order valence-electron chi connectivity index (χ3n) is 5.78. The summed E-state index contributed by atoms with van der Waals surface area (Å²) in [6, 6.07) is 7.67. The molecule has 2 fully saturated rings. The Hall–Kier alpha value is -1.74. The summed E-state index contributed by atoms with van der Waals surface area (Å²) in [4.78, 5) is 28.5. The van der Waals surface area contributed by atoms with Gasteiger partial charge in [0, 0.05) is 44.0 Å². The Morgan fingerprint density at radius 2 is 1.61 bits per heavy atom. The van der Waals surface area contributed by atoms with Crippen molar-refractivity contribution in [3.63, 3.8) is 0 Å². The summed E-state index contributed by atoms with van der Waals surface area (Å²) in [5.74, 6) is -0.203. The first-order valence-corrected chi connectivity index (χ1v) is 10.9. The van der Waals surface area contributed by atoms with Gasteiger partial charge in [-0.1, -0.05) is 6.42 Å². The molecule has 1 heterocycles. The molecule has 1 saturated heterocycles. The molecule has 0 bridgehead atoms. The monoisotopic (exact) mass is 523 g/mol. The number of piperazine rings is 1. The normalized spacial score (nSPS) is 16.4. The molecule has 0 aromatic heterocycles. The molecule has 4 N–H and O–H groups in total. The van der Waals surface area contributed by atoms with Crippen molar-refractivity contribution in [2.75, 3.05) is 44.2 Å². The van der Waals surface area contributed by atoms with Gasteiger partial charge < -0.3 is 20.7 Å². The quantitative estimate of drug-likeness (QED) is 0.274. The number of nitrogens with one attached hydrogen (secondary N) is 2. The van der Waals surface area contributed by atoms with E-state index < -0.39 is 0 Å². The second-order valence-electron chi connectivity index (χ2n) is 8.07. The number of carbonyl (C=O) groups is 2. The maximum Gasteiger partial charge on any atom is 0.307 e. The number of hydrogen-bond acceptors (Lipinski definition) is 6. The summed E-state index contributed by atoms with van der Waals surface area (Å²) in [6.07, 6.45) is 5.71. The Morgan fingerprint density at radius 3 is 2.18 bits per heavy atom. The zero-order valence-corrected chi connectivity index (χ0v) is 21.2. The molecule has 33 heavy (non-hydrogen) atoms. The van der Waals surface area contributed by atoms with Gasteiger partial charge in [0.05, 0.1) is 13.0 Å². The molecule has 8 nitrogen and oxygen atoms in total. The highest BCUT2D eigenvalue weighted by atomic mass is 35.5. The zero-order chi connectivity index (χ0) is 21.3. The molecule has 0 spiro atoms. The number of amides is 1. The van der Waals surface area contributed by atoms with E-state index in [4.69, 9.17) is 15.9 Å². The van der Waals surface area contributed by atoms with Crippen molar-refractivity contribution in [1.29, 1.82) is 5.41 Å². The second-order valence-corrected chi connectivity index (χ2v) is 8.07. The van der Waals surface area contributed by atoms with Crippen LogP contribution in [0.25, 0.3) is 0 Å². The number of halogens is 3. The number of ether oxygens (including phenoxy) is 1. The number of nitrogen functional groups attached to an aromatic ring is 1. The van der Waals surface area contributed by atoms with Crippen LogP contribution in [-0.4, -0.2) is 68.0 Å². The van der Waals surface area contributed by atoms with Crippen LogP contribution in [0.2, 0.25) is 0 Å². The lowest BCUT2D eigenvalue weighted by Gasteiger charge is -2.35. The third kappa shape index (κ3) is 10.4. The Kier molecular flexibility index (Phi) is 15.1. The van der Waals surface area contributed by atoms with Gasteiger partial charge in [-0.25, -0.2) is 0 Å². The fourth-order valence-corrected chi connectivity index (χ4v) is 4.01. The molecule has 0 radical (unpaired) electrons. The largest absolute Gasteiger partial charge is 0.462 e. The number of nitrogens with zero attached hydrogens (tertiary/aromatic N) is 2. The number of esters is 1. The number of amidine groups is 1. The molecular formula is C22H36Cl3N5O3. The number of hydrogen-bond donors (Lipinski definition) is 3. The van der Waals surface area contributed by atoms with Gasteiger partial charge in [-0.05, 0) is 49.9 Å². The molecular weight excluding hydrogens is 489 g/mol. The summed E-state index contributed by atoms with van der Waals surface area (Å²) >= 11 is 0. The van der Waals surface area contributed by atoms with Crippen LogP contribution in [0.15, 0.2) is 24.3 Å². The highest BCUT2D eigenvalue weighted by Gasteiger charge is 2.20. The van der Waals surface area contributed by atoms with Gasteiger partial charge in [-0.2, -0.15) is 0 Å². The molecule has 1 aliphatic carbocycles. The van der Waals surface area contributed by atoms with E-state index in [9.17, 15) is 9.59 Å². The van der Waals surface area contributed by atoms with Gasteiger partial charge in [0.25, 0.3) is 0 Å². The maximum absolute atomic E-state index is 12.2. The lowest BCUT2D eigenvalue weighted by Crippen LogP contribution is -2.49. The third-order valence-corrected chi connectivity index (χ3v) is 5.78. The average molecular weight is 525 g/mol. The van der Waals surface area contributed by atoms with Gasteiger partial charge in [0.2, 0.25) is 5.91 Å². The van der Waals surface area contributed by atoms with Crippen molar-refractivity contribution >= 4 is 60.6 Å². The van der Waals surface area contributed by atoms with Crippen molar-refractivity contribution < 1.29 is 14.3 Å². The summed E-state index contributed by atoms with van der Waals surface area (Å²) < 4.78 is 5.47. The Bertz CT molecular complexity index is 737. The molecule has 1 saturated carbocycles. The molecule has 1 aromatic carbocycles. The number of carbonyl (C=O) groups excluding carboxylic acids is 2. The molecule has 11 heteroatoms. The minimum absolute atomic E-state index is 0. The van der Waals surface area contributed by atoms with Gasteiger partial charge in [0.15, 0.2) is 0 Å². The highest BCUT2D eigenvalue weighted by molar-refractivity contribution is 5.95. The number of benzene rings is 1. The van der Waals surface area contributed by atoms with E-state index in [2.05, 4.69) is 15.1 Å². The molecule has 3 rings (SSSR count). The van der Waals surface area contributed by atoms with Crippen LogP contribution in [0.4, 0.5) is 5.69 Å². The zero-order valence-electron chi connectivity index (χ0n) is 18.8. The predicted molar refractivity (Wildman–Crippen MR) is 138 cm³/mol. The minimum atomic E-state index is -0.216. The van der Waals surface area contributed by atoms with Gasteiger partial charge in [-0.15, -0.1) is 37.2 Å². The lowest BCUT2D eigenvalue weighted by atomic mass is 9.98. The fraction of sp³-hybridized carbons (Fsp3) is 0.591. The van der Waals surface area contributed by atoms with Gasteiger partial charge in [-0.3, -0.25) is 19.9 Å². The summed E-state index contributed by atoms with van der Waals surface area (Å²) in [7, 11) is 0. The molecule has 188 valence electrons. The first-order valence-electron chi connectivity index (χ1n) is 10.9. The Labute approximate surface area is 214 Å². The first-order chi connectivity index (χ1) is 14.5. The highest BCUT2D eigenvalue weighted by Crippen LogP contribution is 2.20. The lowest BCUT2D eigenvalue weighted by molar-refractivity contribution is -0.150. The van der Waals surface area contributed by atoms with E-state index >= 15 is 0 Å². The molecule has 0 unspecified atom stereocenters. The molecule has 1 aliphatic heterocycles. The Balaban J connectivity index is 0.00000341. The van der Waals surface area contributed by atoms with Crippen LogP contribution >= 0.6 is 37.2 Å². The van der Waals surface area contributed by atoms with Crippen LogP contribution in [0.5, 0.6) is 0 Å². The minimum Gasteiger partial charge on any atom is -0.462 e. The van der Waals surface area contributed by atoms with Crippen LogP contribution in [-0.2, 0) is 14.3 Å². The van der Waals surface area contributed by atoms with E-state index in [-0.39, 0.29) is 67.5 Å². The van der Waals surface area contributed by atoms with Crippen molar-refractivity contribution in [3.8, 4) is 0 Å². The van der Waals surface area contributed by atoms with Crippen molar-refractivity contribution in [1.82, 2.24) is 10.2 Å². The van der Waals surface area contributed by atoms with Crippen LogP contribution in [0.1, 0.15) is 44.1 Å². The molecule has 0 atom stereocenters. The van der Waals surface area contributed by atoms with Gasteiger partial charge in [0.1, 0.15) is 11.9 Å².